The first-order valence-electron chi connectivity index (χ1n) is 7.28. The first-order chi connectivity index (χ1) is 10.5. The molecular weight excluding hydrogens is 316 g/mol. The lowest BCUT2D eigenvalue weighted by atomic mass is 9.96. The monoisotopic (exact) mass is 336 g/mol. The molecular formula is C17H21ClN2OS. The number of hydrogen-bond acceptors (Lipinski definition) is 2. The molecule has 0 aliphatic carbocycles. The first kappa shape index (κ1) is 16.8. The minimum Gasteiger partial charge on any atom is -0.331 e. The number of nitrogens with one attached hydrogen (secondary N) is 1. The van der Waals surface area contributed by atoms with E-state index >= 15 is 0 Å². The van der Waals surface area contributed by atoms with Gasteiger partial charge in [0.15, 0.2) is 0 Å². The lowest BCUT2D eigenvalue weighted by Crippen LogP contribution is -2.40. The highest BCUT2D eigenvalue weighted by Crippen LogP contribution is 2.24. The van der Waals surface area contributed by atoms with Crippen molar-refractivity contribution < 1.29 is 4.79 Å². The molecule has 22 heavy (non-hydrogen) atoms. The smallest absolute Gasteiger partial charge is 0.317 e. The molecule has 0 saturated carbocycles. The van der Waals surface area contributed by atoms with Crippen LogP contribution in [0.1, 0.15) is 30.3 Å². The molecule has 1 aromatic carbocycles. The molecule has 1 aromatic heterocycles. The average Bonchev–Trinajstić information content (AvgIpc) is 2.90. The molecule has 0 radical (unpaired) electrons. The molecule has 1 heterocycles. The van der Waals surface area contributed by atoms with Gasteiger partial charge < -0.3 is 10.2 Å². The number of carbonyl (C=O) groups is 1. The standard InChI is InChI=1S/C17H21ClN2OS/c1-12(2)16(13-7-5-4-6-8-13)19-17(21)20(3)11-14-9-10-15(18)22-14/h4-10,12,16H,11H2,1-3H3,(H,19,21). The van der Waals surface area contributed by atoms with E-state index < -0.39 is 0 Å². The third-order valence-corrected chi connectivity index (χ3v) is 4.69. The van der Waals surface area contributed by atoms with Gasteiger partial charge >= 0.3 is 6.03 Å². The third-order valence-electron chi connectivity index (χ3n) is 3.47. The fourth-order valence-corrected chi connectivity index (χ4v) is 3.42. The molecule has 0 bridgehead atoms. The molecule has 1 atom stereocenters. The van der Waals surface area contributed by atoms with Crippen LogP contribution in [0.15, 0.2) is 42.5 Å². The molecule has 3 nitrogen and oxygen atoms in total. The largest absolute Gasteiger partial charge is 0.331 e. The van der Waals surface area contributed by atoms with E-state index in [1.807, 2.05) is 42.5 Å². The van der Waals surface area contributed by atoms with E-state index in [2.05, 4.69) is 19.2 Å². The summed E-state index contributed by atoms with van der Waals surface area (Å²) in [6.45, 7) is 4.77. The van der Waals surface area contributed by atoms with Crippen LogP contribution < -0.4 is 5.32 Å². The van der Waals surface area contributed by atoms with Crippen LogP contribution in [0.4, 0.5) is 4.79 Å². The lowest BCUT2D eigenvalue weighted by molar-refractivity contribution is 0.199. The van der Waals surface area contributed by atoms with E-state index in [9.17, 15) is 4.79 Å². The van der Waals surface area contributed by atoms with Crippen LogP contribution in [-0.4, -0.2) is 18.0 Å². The second-order valence-electron chi connectivity index (χ2n) is 5.64. The number of benzene rings is 1. The fraction of sp³-hybridized carbons (Fsp3) is 0.353. The van der Waals surface area contributed by atoms with Crippen molar-refractivity contribution >= 4 is 29.0 Å². The fourth-order valence-electron chi connectivity index (χ4n) is 2.28. The predicted octanol–water partition coefficient (Wildman–Crippen LogP) is 4.94. The van der Waals surface area contributed by atoms with Crippen LogP contribution in [0.2, 0.25) is 4.34 Å². The van der Waals surface area contributed by atoms with Gasteiger partial charge in [-0.2, -0.15) is 0 Å². The van der Waals surface area contributed by atoms with Gasteiger partial charge in [-0.05, 0) is 23.6 Å². The van der Waals surface area contributed by atoms with Crippen LogP contribution in [0.3, 0.4) is 0 Å². The number of thiophene rings is 1. The Balaban J connectivity index is 2.01. The van der Waals surface area contributed by atoms with Crippen molar-refractivity contribution in [2.24, 2.45) is 5.92 Å². The molecule has 2 rings (SSSR count). The van der Waals surface area contributed by atoms with Crippen LogP contribution in [0.5, 0.6) is 0 Å². The summed E-state index contributed by atoms with van der Waals surface area (Å²) in [5, 5.41) is 3.12. The van der Waals surface area contributed by atoms with Crippen molar-refractivity contribution in [1.29, 1.82) is 0 Å². The highest BCUT2D eigenvalue weighted by molar-refractivity contribution is 7.16. The molecule has 0 fully saturated rings. The van der Waals surface area contributed by atoms with Gasteiger partial charge in [-0.25, -0.2) is 4.79 Å². The van der Waals surface area contributed by atoms with Crippen molar-refractivity contribution in [2.45, 2.75) is 26.4 Å². The Morgan fingerprint density at radius 3 is 2.45 bits per heavy atom. The van der Waals surface area contributed by atoms with Crippen LogP contribution in [0, 0.1) is 5.92 Å². The SMILES string of the molecule is CC(C)C(NC(=O)N(C)Cc1ccc(Cl)s1)c1ccccc1. The average molecular weight is 337 g/mol. The van der Waals surface area contributed by atoms with Crippen molar-refractivity contribution in [1.82, 2.24) is 10.2 Å². The molecule has 2 aromatic rings. The van der Waals surface area contributed by atoms with E-state index in [-0.39, 0.29) is 12.1 Å². The lowest BCUT2D eigenvalue weighted by Gasteiger charge is -2.26. The van der Waals surface area contributed by atoms with Crippen LogP contribution in [0.25, 0.3) is 0 Å². The molecule has 0 aliphatic heterocycles. The summed E-state index contributed by atoms with van der Waals surface area (Å²) in [6.07, 6.45) is 0. The zero-order chi connectivity index (χ0) is 16.1. The van der Waals surface area contributed by atoms with Gasteiger partial charge in [-0.3, -0.25) is 0 Å². The van der Waals surface area contributed by atoms with Crippen molar-refractivity contribution in [3.05, 3.63) is 57.2 Å². The van der Waals surface area contributed by atoms with Gasteiger partial charge in [0.05, 0.1) is 16.9 Å². The van der Waals surface area contributed by atoms with Crippen molar-refractivity contribution in [2.75, 3.05) is 7.05 Å². The summed E-state index contributed by atoms with van der Waals surface area (Å²) < 4.78 is 0.744. The number of hydrogen-bond donors (Lipinski definition) is 1. The van der Waals surface area contributed by atoms with Crippen LogP contribution >= 0.6 is 22.9 Å². The summed E-state index contributed by atoms with van der Waals surface area (Å²) in [5.74, 6) is 0.316. The number of nitrogens with zero attached hydrogens (tertiary/aromatic N) is 1. The van der Waals surface area contributed by atoms with Gasteiger partial charge in [0.25, 0.3) is 0 Å². The minimum atomic E-state index is -0.0768. The zero-order valence-electron chi connectivity index (χ0n) is 13.0. The van der Waals surface area contributed by atoms with E-state index in [4.69, 9.17) is 11.6 Å². The minimum absolute atomic E-state index is 0.00285. The van der Waals surface area contributed by atoms with Crippen LogP contribution in [-0.2, 0) is 6.54 Å². The number of amides is 2. The predicted molar refractivity (Wildman–Crippen MR) is 93.3 cm³/mol. The second kappa shape index (κ2) is 7.65. The Kier molecular flexibility index (Phi) is 5.86. The third kappa shape index (κ3) is 4.49. The molecule has 0 aliphatic rings. The van der Waals surface area contributed by atoms with Gasteiger partial charge in [-0.1, -0.05) is 55.8 Å². The molecule has 118 valence electrons. The normalized spacial score (nSPS) is 12.2. The quantitative estimate of drug-likeness (QED) is 0.824. The summed E-state index contributed by atoms with van der Waals surface area (Å²) >= 11 is 7.43. The molecule has 5 heteroatoms. The van der Waals surface area contributed by atoms with E-state index in [0.29, 0.717) is 12.5 Å². The summed E-state index contributed by atoms with van der Waals surface area (Å²) in [4.78, 5) is 15.2. The summed E-state index contributed by atoms with van der Waals surface area (Å²) in [7, 11) is 1.80. The van der Waals surface area contributed by atoms with E-state index in [1.54, 1.807) is 11.9 Å². The Labute approximate surface area is 140 Å². The second-order valence-corrected chi connectivity index (χ2v) is 7.44. The molecule has 1 N–H and O–H groups in total. The zero-order valence-corrected chi connectivity index (χ0v) is 14.6. The maximum atomic E-state index is 12.4. The molecule has 2 amide bonds. The van der Waals surface area contributed by atoms with Gasteiger partial charge in [-0.15, -0.1) is 11.3 Å². The maximum absolute atomic E-state index is 12.4. The number of carbonyl (C=O) groups excluding carboxylic acids is 1. The summed E-state index contributed by atoms with van der Waals surface area (Å²) in [5.41, 5.74) is 1.12. The molecule has 0 saturated heterocycles. The van der Waals surface area contributed by atoms with Gasteiger partial charge in [0.2, 0.25) is 0 Å². The Bertz CT molecular complexity index is 612. The van der Waals surface area contributed by atoms with E-state index in [1.165, 1.54) is 11.3 Å². The number of rotatable bonds is 5. The Hall–Kier alpha value is -1.52. The first-order valence-corrected chi connectivity index (χ1v) is 8.47. The number of halogens is 1. The van der Waals surface area contributed by atoms with Crippen molar-refractivity contribution in [3.8, 4) is 0 Å². The maximum Gasteiger partial charge on any atom is 0.317 e. The Morgan fingerprint density at radius 1 is 1.23 bits per heavy atom. The molecule has 1 unspecified atom stereocenters. The van der Waals surface area contributed by atoms with Crippen molar-refractivity contribution in [3.63, 3.8) is 0 Å². The van der Waals surface area contributed by atoms with Gasteiger partial charge in [0.1, 0.15) is 0 Å². The topological polar surface area (TPSA) is 32.3 Å². The highest BCUT2D eigenvalue weighted by Gasteiger charge is 2.20. The van der Waals surface area contributed by atoms with E-state index in [0.717, 1.165) is 14.8 Å². The highest BCUT2D eigenvalue weighted by atomic mass is 35.5. The Morgan fingerprint density at radius 2 is 1.91 bits per heavy atom. The van der Waals surface area contributed by atoms with Gasteiger partial charge in [0, 0.05) is 11.9 Å². The molecule has 0 spiro atoms. The summed E-state index contributed by atoms with van der Waals surface area (Å²) in [6, 6.07) is 13.8. The number of urea groups is 1.